The predicted octanol–water partition coefficient (Wildman–Crippen LogP) is 11.0. The molecule has 3 aromatic heterocycles. The molecule has 0 saturated heterocycles. The maximum absolute atomic E-state index is 8.58. The molecule has 0 saturated carbocycles. The summed E-state index contributed by atoms with van der Waals surface area (Å²) in [6.45, 7) is 10.1. The number of para-hydroxylation sites is 1. The van der Waals surface area contributed by atoms with Gasteiger partial charge in [0.1, 0.15) is 5.58 Å². The Kier molecular flexibility index (Phi) is 8.56. The van der Waals surface area contributed by atoms with E-state index in [1.165, 1.54) is 11.3 Å². The topological polar surface area (TPSA) is 38.9 Å². The quantitative estimate of drug-likeness (QED) is 0.124. The van der Waals surface area contributed by atoms with Crippen LogP contribution < -0.4 is 5.19 Å². The van der Waals surface area contributed by atoms with Gasteiger partial charge in [0.15, 0.2) is 0 Å². The van der Waals surface area contributed by atoms with Gasteiger partial charge in [0.2, 0.25) is 0 Å². The summed E-state index contributed by atoms with van der Waals surface area (Å²) < 4.78 is 64.1. The van der Waals surface area contributed by atoms with Gasteiger partial charge in [-0.15, -0.1) is 53.1 Å². The number of hydrogen-bond donors (Lipinski definition) is 0. The van der Waals surface area contributed by atoms with Crippen molar-refractivity contribution in [2.45, 2.75) is 60.0 Å². The van der Waals surface area contributed by atoms with Crippen molar-refractivity contribution in [2.75, 3.05) is 0 Å². The van der Waals surface area contributed by atoms with Crippen LogP contribution in [0.5, 0.6) is 0 Å². The third-order valence-electron chi connectivity index (χ3n) is 7.76. The molecular formula is C44H44IrN2OSi-2. The minimum absolute atomic E-state index is 0. The van der Waals surface area contributed by atoms with Crippen LogP contribution in [-0.4, -0.2) is 18.0 Å². The molecule has 0 aliphatic heterocycles. The van der Waals surface area contributed by atoms with E-state index in [4.69, 9.17) is 14.0 Å². The number of aryl methyl sites for hydroxylation is 1. The maximum atomic E-state index is 8.58. The van der Waals surface area contributed by atoms with Gasteiger partial charge >= 0.3 is 0 Å². The molecule has 251 valence electrons. The Hall–Kier alpha value is -4.15. The van der Waals surface area contributed by atoms with Crippen LogP contribution in [0.3, 0.4) is 0 Å². The summed E-state index contributed by atoms with van der Waals surface area (Å²) in [4.78, 5) is 9.01. The molecule has 0 aliphatic rings. The number of pyridine rings is 2. The van der Waals surface area contributed by atoms with Gasteiger partial charge in [0.05, 0.1) is 13.7 Å². The van der Waals surface area contributed by atoms with Crippen molar-refractivity contribution in [1.29, 1.82) is 0 Å². The van der Waals surface area contributed by atoms with Crippen LogP contribution in [0.4, 0.5) is 0 Å². The van der Waals surface area contributed by atoms with Crippen LogP contribution in [0.1, 0.15) is 52.6 Å². The van der Waals surface area contributed by atoms with E-state index < -0.39 is 33.1 Å². The molecule has 3 heterocycles. The first kappa shape index (κ1) is 27.6. The van der Waals surface area contributed by atoms with E-state index in [0.717, 1.165) is 16.6 Å². The summed E-state index contributed by atoms with van der Waals surface area (Å²) >= 11 is 0. The smallest absolute Gasteiger partial charge is 0.120 e. The van der Waals surface area contributed by atoms with Crippen molar-refractivity contribution in [1.82, 2.24) is 9.97 Å². The predicted molar refractivity (Wildman–Crippen MR) is 204 cm³/mol. The second kappa shape index (κ2) is 15.2. The Balaban J connectivity index is 0.000000214. The minimum Gasteiger partial charge on any atom is -0.501 e. The van der Waals surface area contributed by atoms with Gasteiger partial charge in [-0.2, -0.15) is 0 Å². The van der Waals surface area contributed by atoms with Crippen LogP contribution in [0, 0.1) is 24.4 Å². The first-order valence-electron chi connectivity index (χ1n) is 19.6. The van der Waals surface area contributed by atoms with Crippen molar-refractivity contribution in [3.05, 3.63) is 150 Å². The van der Waals surface area contributed by atoms with Gasteiger partial charge < -0.3 is 14.4 Å². The summed E-state index contributed by atoms with van der Waals surface area (Å²) in [5.41, 5.74) is 4.94. The fourth-order valence-electron chi connectivity index (χ4n) is 5.42. The molecule has 0 atom stereocenters. The average molecular weight is 844 g/mol. The van der Waals surface area contributed by atoms with Crippen LogP contribution in [-0.2, 0) is 32.9 Å². The Morgan fingerprint density at radius 1 is 0.816 bits per heavy atom. The van der Waals surface area contributed by atoms with Crippen LogP contribution in [0.15, 0.2) is 120 Å². The molecule has 7 rings (SSSR count). The summed E-state index contributed by atoms with van der Waals surface area (Å²) in [5, 5.41) is 2.55. The molecule has 49 heavy (non-hydrogen) atoms. The van der Waals surface area contributed by atoms with Crippen LogP contribution in [0.25, 0.3) is 44.5 Å². The molecule has 0 N–H and O–H groups in total. The number of rotatable bonds is 6. The Morgan fingerprint density at radius 3 is 2.31 bits per heavy atom. The van der Waals surface area contributed by atoms with E-state index in [2.05, 4.69) is 47.8 Å². The molecular weight excluding hydrogens is 793 g/mol. The van der Waals surface area contributed by atoms with Crippen molar-refractivity contribution >= 4 is 35.2 Å². The molecule has 7 aromatic rings. The zero-order chi connectivity index (χ0) is 40.0. The van der Waals surface area contributed by atoms with Crippen molar-refractivity contribution < 1.29 is 34.1 Å². The summed E-state index contributed by atoms with van der Waals surface area (Å²) in [6.07, 6.45) is 0.377. The molecule has 0 aliphatic carbocycles. The maximum Gasteiger partial charge on any atom is 0.120 e. The molecule has 3 nitrogen and oxygen atoms in total. The summed E-state index contributed by atoms with van der Waals surface area (Å²) in [5.74, 6) is 0. The molecule has 0 unspecified atom stereocenters. The number of hydrogen-bond acceptors (Lipinski definition) is 3. The Morgan fingerprint density at radius 2 is 1.59 bits per heavy atom. The van der Waals surface area contributed by atoms with Gasteiger partial charge in [-0.3, -0.25) is 0 Å². The van der Waals surface area contributed by atoms with E-state index in [9.17, 15) is 0 Å². The van der Waals surface area contributed by atoms with Gasteiger partial charge in [-0.1, -0.05) is 131 Å². The van der Waals surface area contributed by atoms with Crippen molar-refractivity contribution in [2.24, 2.45) is 5.41 Å². The van der Waals surface area contributed by atoms with E-state index in [1.54, 1.807) is 36.5 Å². The number of benzene rings is 4. The molecule has 1 radical (unpaired) electrons. The normalized spacial score (nSPS) is 14.5. The zero-order valence-corrected chi connectivity index (χ0v) is 32.0. The second-order valence-electron chi connectivity index (χ2n) is 13.8. The van der Waals surface area contributed by atoms with Gasteiger partial charge in [0, 0.05) is 47.5 Å². The number of furan rings is 1. The van der Waals surface area contributed by atoms with Crippen LogP contribution >= 0.6 is 0 Å². The zero-order valence-electron chi connectivity index (χ0n) is 35.6. The summed E-state index contributed by atoms with van der Waals surface area (Å²) in [6, 6.07) is 37.2. The van der Waals surface area contributed by atoms with Crippen molar-refractivity contribution in [3.8, 4) is 22.5 Å². The first-order chi connectivity index (χ1) is 25.7. The van der Waals surface area contributed by atoms with Gasteiger partial charge in [0.25, 0.3) is 0 Å². The monoisotopic (exact) mass is 844 g/mol. The fourth-order valence-corrected chi connectivity index (χ4v) is 6.45. The second-order valence-corrected chi connectivity index (χ2v) is 18.9. The Labute approximate surface area is 316 Å². The fraction of sp³-hybridized carbons (Fsp3) is 0.227. The number of fused-ring (bicyclic) bond motifs is 3. The minimum atomic E-state index is -2.32. The van der Waals surface area contributed by atoms with Crippen molar-refractivity contribution in [3.63, 3.8) is 0 Å². The first-order valence-corrected chi connectivity index (χ1v) is 19.6. The standard InChI is InChI=1S/C23H22NO.C21H22NSi.Ir/c1-15-9-10-17(19-13-16(11-12-24-19)14-23(2,3)4)22-21(15)18-7-5-6-8-20(18)25-22;1-23(2,3)20-12-13-21(22-16-20)19-11-7-10-18(15-19)14-17-8-5-4-6-9-17;/h5-9,11-13H,14H2,1-4H3;4-10,12-13,15-16H,14H2,1-3H3;/q2*-1;/i1D3,14D2;14D2;. The van der Waals surface area contributed by atoms with Gasteiger partial charge in [-0.25, -0.2) is 0 Å². The molecule has 0 fully saturated rings. The van der Waals surface area contributed by atoms with Crippen LogP contribution in [0.2, 0.25) is 19.6 Å². The van der Waals surface area contributed by atoms with E-state index in [-0.39, 0.29) is 25.7 Å². The SMILES string of the molecule is [2H]C([2H])([2H])c1c[c-]c(-c2cc(C([2H])([2H])C(C)(C)C)ccn2)c2oc3ccccc3c12.[2H]C([2H])(c1ccccc1)c1cc[c-]c(-c2ccc([Si](C)(C)C)cn2)c1.[Ir]. The molecule has 0 amide bonds. The Bertz CT molecular complexity index is 2450. The molecule has 0 spiro atoms. The van der Waals surface area contributed by atoms with Gasteiger partial charge in [-0.05, 0) is 52.4 Å². The summed E-state index contributed by atoms with van der Waals surface area (Å²) in [7, 11) is -1.37. The molecule has 4 aromatic carbocycles. The van der Waals surface area contributed by atoms with E-state index in [1.807, 2.05) is 87.6 Å². The van der Waals surface area contributed by atoms with E-state index >= 15 is 0 Å². The molecule has 0 bridgehead atoms. The van der Waals surface area contributed by atoms with E-state index in [0.29, 0.717) is 44.5 Å². The average Bonchev–Trinajstić information content (AvgIpc) is 3.54. The number of aromatic nitrogens is 2. The molecule has 5 heteroatoms. The third kappa shape index (κ3) is 8.91. The number of nitrogens with zero attached hydrogens (tertiary/aromatic N) is 2. The third-order valence-corrected chi connectivity index (χ3v) is 9.79. The largest absolute Gasteiger partial charge is 0.501 e.